The van der Waals surface area contributed by atoms with Crippen molar-refractivity contribution in [2.24, 2.45) is 21.6 Å². The molecule has 0 aliphatic heterocycles. The average molecular weight is 261 g/mol. The van der Waals surface area contributed by atoms with E-state index in [4.69, 9.17) is 23.7 Å². The summed E-state index contributed by atoms with van der Waals surface area (Å²) < 4.78 is 0. The normalized spacial score (nSPS) is 12.1. The summed E-state index contributed by atoms with van der Waals surface area (Å²) in [6, 6.07) is 0. The predicted octanol–water partition coefficient (Wildman–Crippen LogP) is 0.270. The number of nitrogens with one attached hydrogen (secondary N) is 1. The Labute approximate surface area is 104 Å². The molecule has 0 aromatic carbocycles. The standard InChI is InChI=1S/C7H11N5S3/c1-3(10-6(14)5(8)13)4(2)11-12-7(9)15/h1-2H3,(H2,8,13)(H3,9,12,15). The molecule has 0 amide bonds. The van der Waals surface area contributed by atoms with Gasteiger partial charge >= 0.3 is 0 Å². The van der Waals surface area contributed by atoms with Crippen molar-refractivity contribution >= 4 is 63.2 Å². The molecule has 0 aliphatic rings. The Hall–Kier alpha value is -0.990. The van der Waals surface area contributed by atoms with Crippen molar-refractivity contribution in [3.63, 3.8) is 0 Å². The molecule has 0 spiro atoms. The van der Waals surface area contributed by atoms with Crippen LogP contribution in [0.25, 0.3) is 0 Å². The highest BCUT2D eigenvalue weighted by Gasteiger charge is 2.01. The summed E-state index contributed by atoms with van der Waals surface area (Å²) in [6.07, 6.45) is 0. The number of nitrogens with two attached hydrogens (primary N) is 2. The number of nitrogens with zero attached hydrogens (tertiary/aromatic N) is 2. The van der Waals surface area contributed by atoms with E-state index in [1.165, 1.54) is 0 Å². The summed E-state index contributed by atoms with van der Waals surface area (Å²) in [4.78, 5) is 4.24. The van der Waals surface area contributed by atoms with Crippen LogP contribution < -0.4 is 16.9 Å². The summed E-state index contributed by atoms with van der Waals surface area (Å²) in [5.74, 6) is 0. The van der Waals surface area contributed by atoms with Crippen molar-refractivity contribution in [1.82, 2.24) is 5.43 Å². The van der Waals surface area contributed by atoms with E-state index in [1.807, 2.05) is 0 Å². The molecule has 0 bridgehead atoms. The van der Waals surface area contributed by atoms with Crippen molar-refractivity contribution in [3.05, 3.63) is 0 Å². The quantitative estimate of drug-likeness (QED) is 0.376. The van der Waals surface area contributed by atoms with Crippen LogP contribution in [0, 0.1) is 0 Å². The van der Waals surface area contributed by atoms with Crippen molar-refractivity contribution in [2.75, 3.05) is 0 Å². The Bertz CT molecular complexity index is 358. The second kappa shape index (κ2) is 6.49. The molecule has 0 fully saturated rings. The fraction of sp³-hybridized carbons (Fsp3) is 0.286. The zero-order chi connectivity index (χ0) is 12.0. The summed E-state index contributed by atoms with van der Waals surface area (Å²) in [7, 11) is 0. The van der Waals surface area contributed by atoms with E-state index >= 15 is 0 Å². The van der Waals surface area contributed by atoms with Crippen molar-refractivity contribution in [3.8, 4) is 0 Å². The molecular weight excluding hydrogens is 250 g/mol. The first-order chi connectivity index (χ1) is 6.84. The molecule has 0 aliphatic carbocycles. The Morgan fingerprint density at radius 1 is 1.07 bits per heavy atom. The number of aliphatic imine (C=N–C) groups is 1. The van der Waals surface area contributed by atoms with E-state index in [-0.39, 0.29) is 15.1 Å². The predicted molar refractivity (Wildman–Crippen MR) is 75.5 cm³/mol. The number of thiocarbonyl (C=S) groups is 3. The van der Waals surface area contributed by atoms with Gasteiger partial charge in [-0.2, -0.15) is 5.10 Å². The lowest BCUT2D eigenvalue weighted by molar-refractivity contribution is 1.03. The van der Waals surface area contributed by atoms with Crippen molar-refractivity contribution in [1.29, 1.82) is 0 Å². The molecule has 0 aromatic heterocycles. The van der Waals surface area contributed by atoms with Gasteiger partial charge in [0.25, 0.3) is 0 Å². The summed E-state index contributed by atoms with van der Waals surface area (Å²) >= 11 is 14.1. The smallest absolute Gasteiger partial charge is 0.184 e. The highest BCUT2D eigenvalue weighted by molar-refractivity contribution is 7.89. The van der Waals surface area contributed by atoms with E-state index in [2.05, 4.69) is 40.0 Å². The second-order valence-electron chi connectivity index (χ2n) is 2.54. The van der Waals surface area contributed by atoms with Crippen LogP contribution in [0.4, 0.5) is 0 Å². The number of hydrazone groups is 1. The molecule has 0 aromatic rings. The molecular formula is C7H11N5S3. The minimum absolute atomic E-state index is 0.0825. The molecule has 5 nitrogen and oxygen atoms in total. The first-order valence-corrected chi connectivity index (χ1v) is 5.06. The van der Waals surface area contributed by atoms with Gasteiger partial charge in [-0.15, -0.1) is 0 Å². The van der Waals surface area contributed by atoms with E-state index in [0.29, 0.717) is 11.4 Å². The third kappa shape index (κ3) is 6.15. The van der Waals surface area contributed by atoms with Gasteiger partial charge in [0.2, 0.25) is 0 Å². The molecule has 8 heteroatoms. The van der Waals surface area contributed by atoms with Gasteiger partial charge in [0, 0.05) is 0 Å². The van der Waals surface area contributed by atoms with E-state index in [0.717, 1.165) is 0 Å². The highest BCUT2D eigenvalue weighted by Crippen LogP contribution is 1.88. The van der Waals surface area contributed by atoms with Gasteiger partial charge in [0.1, 0.15) is 4.99 Å². The third-order valence-electron chi connectivity index (χ3n) is 1.34. The van der Waals surface area contributed by atoms with Gasteiger partial charge in [-0.05, 0) is 26.1 Å². The first-order valence-electron chi connectivity index (χ1n) is 3.83. The van der Waals surface area contributed by atoms with Gasteiger partial charge in [0.05, 0.1) is 11.4 Å². The number of hydrogen-bond donors (Lipinski definition) is 3. The molecule has 15 heavy (non-hydrogen) atoms. The topological polar surface area (TPSA) is 88.8 Å². The van der Waals surface area contributed by atoms with Crippen LogP contribution in [0.1, 0.15) is 13.8 Å². The van der Waals surface area contributed by atoms with Gasteiger partial charge in [-0.3, -0.25) is 5.43 Å². The Morgan fingerprint density at radius 2 is 1.60 bits per heavy atom. The van der Waals surface area contributed by atoms with Crippen LogP contribution in [-0.2, 0) is 0 Å². The maximum absolute atomic E-state index is 5.29. The van der Waals surface area contributed by atoms with Crippen molar-refractivity contribution in [2.45, 2.75) is 13.8 Å². The maximum Gasteiger partial charge on any atom is 0.184 e. The first kappa shape index (κ1) is 14.0. The molecule has 0 unspecified atom stereocenters. The highest BCUT2D eigenvalue weighted by atomic mass is 32.1. The summed E-state index contributed by atoms with van der Waals surface area (Å²) in [6.45, 7) is 3.46. The molecule has 0 saturated carbocycles. The average Bonchev–Trinajstić information content (AvgIpc) is 2.13. The monoisotopic (exact) mass is 261 g/mol. The van der Waals surface area contributed by atoms with E-state index in [1.54, 1.807) is 13.8 Å². The van der Waals surface area contributed by atoms with Crippen LogP contribution in [0.15, 0.2) is 10.1 Å². The lowest BCUT2D eigenvalue weighted by Crippen LogP contribution is -2.26. The van der Waals surface area contributed by atoms with Crippen molar-refractivity contribution < 1.29 is 0 Å². The zero-order valence-electron chi connectivity index (χ0n) is 8.27. The third-order valence-corrected chi connectivity index (χ3v) is 2.06. The van der Waals surface area contributed by atoms with Crippen LogP contribution in [0.2, 0.25) is 0 Å². The second-order valence-corrected chi connectivity index (χ2v) is 3.81. The molecule has 0 radical (unpaired) electrons. The Kier molecular flexibility index (Phi) is 6.06. The fourth-order valence-electron chi connectivity index (χ4n) is 0.508. The maximum atomic E-state index is 5.29. The molecule has 5 N–H and O–H groups in total. The van der Waals surface area contributed by atoms with Crippen LogP contribution in [0.3, 0.4) is 0 Å². The van der Waals surface area contributed by atoms with Gasteiger partial charge in [-0.25, -0.2) is 4.99 Å². The molecule has 0 saturated heterocycles. The molecule has 0 atom stereocenters. The van der Waals surface area contributed by atoms with Gasteiger partial charge in [-0.1, -0.05) is 24.4 Å². The largest absolute Gasteiger partial charge is 0.387 e. The summed E-state index contributed by atoms with van der Waals surface area (Å²) in [5.41, 5.74) is 14.1. The lowest BCUT2D eigenvalue weighted by atomic mass is 10.3. The van der Waals surface area contributed by atoms with Gasteiger partial charge < -0.3 is 11.5 Å². The number of rotatable bonds is 2. The molecule has 82 valence electrons. The molecule has 0 heterocycles. The zero-order valence-corrected chi connectivity index (χ0v) is 10.7. The van der Waals surface area contributed by atoms with Gasteiger partial charge in [0.15, 0.2) is 10.1 Å². The van der Waals surface area contributed by atoms with Crippen LogP contribution >= 0.6 is 36.7 Å². The van der Waals surface area contributed by atoms with Crippen LogP contribution in [-0.4, -0.2) is 26.5 Å². The Morgan fingerprint density at radius 3 is 2.00 bits per heavy atom. The van der Waals surface area contributed by atoms with E-state index in [9.17, 15) is 0 Å². The summed E-state index contributed by atoms with van der Waals surface area (Å²) in [5, 5.41) is 3.94. The van der Waals surface area contributed by atoms with Crippen LogP contribution in [0.5, 0.6) is 0 Å². The lowest BCUT2D eigenvalue weighted by Gasteiger charge is -2.01. The minimum Gasteiger partial charge on any atom is -0.387 e. The number of hydrogen-bond acceptors (Lipinski definition) is 4. The van der Waals surface area contributed by atoms with E-state index < -0.39 is 0 Å². The fourth-order valence-corrected chi connectivity index (χ4v) is 0.736. The Balaban J connectivity index is 4.63. The molecule has 0 rings (SSSR count). The minimum atomic E-state index is 0.0825. The SMILES string of the molecule is CC(=NNC(N)=S)C(C)=NC(=S)C(N)=S.